The van der Waals surface area contributed by atoms with Crippen LogP contribution in [0.3, 0.4) is 0 Å². The van der Waals surface area contributed by atoms with Crippen LogP contribution in [0, 0.1) is 5.92 Å². The molecule has 1 aromatic heterocycles. The molecule has 1 aliphatic heterocycles. The van der Waals surface area contributed by atoms with Gasteiger partial charge in [0.25, 0.3) is 0 Å². The molecule has 1 amide bonds. The molecule has 3 rings (SSSR count). The molecular weight excluding hydrogens is 292 g/mol. The zero-order valence-corrected chi connectivity index (χ0v) is 13.3. The normalized spacial score (nSPS) is 25.8. The number of nitrogens with two attached hydrogens (primary N) is 1. The van der Waals surface area contributed by atoms with Crippen LogP contribution in [-0.4, -0.2) is 30.4 Å². The summed E-state index contributed by atoms with van der Waals surface area (Å²) in [5.41, 5.74) is 7.07. The number of thiophene rings is 1. The van der Waals surface area contributed by atoms with Gasteiger partial charge in [-0.3, -0.25) is 4.79 Å². The monoisotopic (exact) mass is 314 g/mol. The van der Waals surface area contributed by atoms with Gasteiger partial charge in [0, 0.05) is 18.0 Å². The summed E-state index contributed by atoms with van der Waals surface area (Å²) in [6, 6.07) is 2.16. The van der Waals surface area contributed by atoms with Crippen LogP contribution in [0.15, 0.2) is 11.4 Å². The van der Waals surface area contributed by atoms with Crippen LogP contribution in [-0.2, 0) is 11.2 Å². The van der Waals surface area contributed by atoms with E-state index < -0.39 is 0 Å². The number of amides is 1. The summed E-state index contributed by atoms with van der Waals surface area (Å²) in [5.74, 6) is 0.965. The van der Waals surface area contributed by atoms with E-state index in [-0.39, 0.29) is 18.3 Å². The number of likely N-dealkylation sites (tertiary alicyclic amines) is 1. The number of carbonyl (C=O) groups is 1. The van der Waals surface area contributed by atoms with Crippen molar-refractivity contribution in [3.8, 4) is 0 Å². The quantitative estimate of drug-likeness (QED) is 0.912. The summed E-state index contributed by atoms with van der Waals surface area (Å²) in [6.07, 6.45) is 5.61. The molecule has 0 bridgehead atoms. The molecule has 2 unspecified atom stereocenters. The molecule has 112 valence electrons. The number of piperidine rings is 1. The maximum absolute atomic E-state index is 12.8. The summed E-state index contributed by atoms with van der Waals surface area (Å²) in [5, 5.41) is 2.13. The fourth-order valence-corrected chi connectivity index (χ4v) is 4.41. The minimum atomic E-state index is 0. The third-order valence-electron chi connectivity index (χ3n) is 4.51. The number of hydrogen-bond acceptors (Lipinski definition) is 3. The Hall–Kier alpha value is -0.580. The van der Waals surface area contributed by atoms with E-state index in [1.807, 2.05) is 11.3 Å². The molecule has 3 nitrogen and oxygen atoms in total. The Labute approximate surface area is 130 Å². The molecule has 0 radical (unpaired) electrons. The lowest BCUT2D eigenvalue weighted by Crippen LogP contribution is -2.44. The third-order valence-corrected chi connectivity index (χ3v) is 5.51. The van der Waals surface area contributed by atoms with Crippen LogP contribution < -0.4 is 5.73 Å². The number of fused-ring (bicyclic) bond motifs is 1. The molecule has 1 fully saturated rings. The fraction of sp³-hybridized carbons (Fsp3) is 0.667. The summed E-state index contributed by atoms with van der Waals surface area (Å²) in [7, 11) is 0. The molecule has 2 N–H and O–H groups in total. The average Bonchev–Trinajstić information content (AvgIpc) is 2.95. The van der Waals surface area contributed by atoms with E-state index in [0.717, 1.165) is 38.8 Å². The Bertz CT molecular complexity index is 462. The number of aryl methyl sites for hydroxylation is 1. The Kier molecular flexibility index (Phi) is 5.47. The van der Waals surface area contributed by atoms with Crippen LogP contribution in [0.4, 0.5) is 0 Å². The fourth-order valence-electron chi connectivity index (χ4n) is 3.42. The lowest BCUT2D eigenvalue weighted by atomic mass is 9.86. The number of carbonyl (C=O) groups excluding carboxylic acids is 1. The summed E-state index contributed by atoms with van der Waals surface area (Å²) >= 11 is 1.81. The van der Waals surface area contributed by atoms with Crippen molar-refractivity contribution in [2.45, 2.75) is 38.0 Å². The van der Waals surface area contributed by atoms with Crippen molar-refractivity contribution in [2.24, 2.45) is 11.7 Å². The van der Waals surface area contributed by atoms with Crippen LogP contribution in [0.5, 0.6) is 0 Å². The maximum Gasteiger partial charge on any atom is 0.230 e. The summed E-state index contributed by atoms with van der Waals surface area (Å²) in [4.78, 5) is 16.3. The smallest absolute Gasteiger partial charge is 0.230 e. The Morgan fingerprint density at radius 3 is 3.05 bits per heavy atom. The van der Waals surface area contributed by atoms with Crippen molar-refractivity contribution >= 4 is 29.7 Å². The lowest BCUT2D eigenvalue weighted by Gasteiger charge is -2.35. The highest BCUT2D eigenvalue weighted by atomic mass is 35.5. The van der Waals surface area contributed by atoms with E-state index in [0.29, 0.717) is 18.4 Å². The van der Waals surface area contributed by atoms with Gasteiger partial charge in [0.15, 0.2) is 0 Å². The highest BCUT2D eigenvalue weighted by molar-refractivity contribution is 7.10. The number of nitrogens with zero attached hydrogens (tertiary/aromatic N) is 1. The minimum absolute atomic E-state index is 0. The maximum atomic E-state index is 12.8. The molecule has 1 saturated heterocycles. The standard InChI is InChI=1S/C15H22N2OS.ClH/c16-9-11-3-2-7-17(10-11)15(18)13-4-1-5-14-12(13)6-8-19-14;/h6,8,11,13H,1-5,7,9-10,16H2;1H. The molecule has 2 atom stereocenters. The molecular formula is C15H23ClN2OS. The van der Waals surface area contributed by atoms with Crippen LogP contribution >= 0.6 is 23.7 Å². The highest BCUT2D eigenvalue weighted by Gasteiger charge is 2.32. The van der Waals surface area contributed by atoms with Crippen molar-refractivity contribution in [1.29, 1.82) is 0 Å². The van der Waals surface area contributed by atoms with Gasteiger partial charge in [-0.2, -0.15) is 0 Å². The van der Waals surface area contributed by atoms with E-state index in [2.05, 4.69) is 16.3 Å². The third kappa shape index (κ3) is 3.02. The van der Waals surface area contributed by atoms with Crippen LogP contribution in [0.2, 0.25) is 0 Å². The second-order valence-corrected chi connectivity index (χ2v) is 6.77. The largest absolute Gasteiger partial charge is 0.342 e. The zero-order chi connectivity index (χ0) is 13.2. The predicted molar refractivity (Wildman–Crippen MR) is 85.6 cm³/mol. The number of rotatable bonds is 2. The van der Waals surface area contributed by atoms with Crippen molar-refractivity contribution in [3.63, 3.8) is 0 Å². The SMILES string of the molecule is Cl.NCC1CCCN(C(=O)C2CCCc3sccc32)C1. The molecule has 5 heteroatoms. The van der Waals surface area contributed by atoms with Gasteiger partial charge in [0.1, 0.15) is 0 Å². The van der Waals surface area contributed by atoms with Gasteiger partial charge in [-0.25, -0.2) is 0 Å². The minimum Gasteiger partial charge on any atom is -0.342 e. The first-order valence-corrected chi connectivity index (χ1v) is 8.22. The second-order valence-electron chi connectivity index (χ2n) is 5.77. The summed E-state index contributed by atoms with van der Waals surface area (Å²) < 4.78 is 0. The lowest BCUT2D eigenvalue weighted by molar-refractivity contribution is -0.134. The number of halogens is 1. The van der Waals surface area contributed by atoms with Crippen LogP contribution in [0.25, 0.3) is 0 Å². The second kappa shape index (κ2) is 6.92. The van der Waals surface area contributed by atoms with E-state index in [9.17, 15) is 4.79 Å². The Morgan fingerprint density at radius 1 is 1.40 bits per heavy atom. The van der Waals surface area contributed by atoms with Crippen molar-refractivity contribution in [2.75, 3.05) is 19.6 Å². The van der Waals surface area contributed by atoms with Crippen molar-refractivity contribution < 1.29 is 4.79 Å². The van der Waals surface area contributed by atoms with E-state index >= 15 is 0 Å². The molecule has 2 aliphatic rings. The van der Waals surface area contributed by atoms with Gasteiger partial charge >= 0.3 is 0 Å². The summed E-state index contributed by atoms with van der Waals surface area (Å²) in [6.45, 7) is 2.49. The molecule has 2 heterocycles. The van der Waals surface area contributed by atoms with E-state index in [4.69, 9.17) is 5.73 Å². The van der Waals surface area contributed by atoms with Gasteiger partial charge in [-0.1, -0.05) is 0 Å². The predicted octanol–water partition coefficient (Wildman–Crippen LogP) is 2.79. The molecule has 20 heavy (non-hydrogen) atoms. The van der Waals surface area contributed by atoms with Gasteiger partial charge in [0.2, 0.25) is 5.91 Å². The molecule has 0 saturated carbocycles. The zero-order valence-electron chi connectivity index (χ0n) is 11.7. The van der Waals surface area contributed by atoms with Crippen molar-refractivity contribution in [1.82, 2.24) is 4.90 Å². The first-order chi connectivity index (χ1) is 9.29. The molecule has 1 aromatic rings. The first kappa shape index (κ1) is 15.8. The average molecular weight is 315 g/mol. The first-order valence-electron chi connectivity index (χ1n) is 7.34. The van der Waals surface area contributed by atoms with E-state index in [1.165, 1.54) is 16.9 Å². The van der Waals surface area contributed by atoms with E-state index in [1.54, 1.807) is 0 Å². The molecule has 0 aromatic carbocycles. The van der Waals surface area contributed by atoms with Crippen molar-refractivity contribution in [3.05, 3.63) is 21.9 Å². The van der Waals surface area contributed by atoms with Gasteiger partial charge in [-0.05, 0) is 61.6 Å². The molecule has 1 aliphatic carbocycles. The topological polar surface area (TPSA) is 46.3 Å². The van der Waals surface area contributed by atoms with Gasteiger partial charge < -0.3 is 10.6 Å². The van der Waals surface area contributed by atoms with Gasteiger partial charge in [-0.15, -0.1) is 23.7 Å². The van der Waals surface area contributed by atoms with Gasteiger partial charge in [0.05, 0.1) is 5.92 Å². The highest BCUT2D eigenvalue weighted by Crippen LogP contribution is 2.36. The number of hydrogen-bond donors (Lipinski definition) is 1. The Morgan fingerprint density at radius 2 is 2.25 bits per heavy atom. The Balaban J connectivity index is 0.00000147. The molecule has 0 spiro atoms. The van der Waals surface area contributed by atoms with Crippen LogP contribution in [0.1, 0.15) is 42.0 Å².